The van der Waals surface area contributed by atoms with Gasteiger partial charge in [0.15, 0.2) is 0 Å². The molecule has 4 nitrogen and oxygen atoms in total. The van der Waals surface area contributed by atoms with E-state index < -0.39 is 11.9 Å². The minimum absolute atomic E-state index is 0.109. The van der Waals surface area contributed by atoms with E-state index in [4.69, 9.17) is 0 Å². The van der Waals surface area contributed by atoms with Crippen molar-refractivity contribution in [2.75, 3.05) is 11.9 Å². The quantitative estimate of drug-likeness (QED) is 0.671. The van der Waals surface area contributed by atoms with Gasteiger partial charge in [-0.15, -0.1) is 0 Å². The number of anilines is 1. The van der Waals surface area contributed by atoms with Crippen molar-refractivity contribution in [3.63, 3.8) is 0 Å². The second-order valence-corrected chi connectivity index (χ2v) is 3.12. The van der Waals surface area contributed by atoms with Crippen molar-refractivity contribution in [3.8, 4) is 5.75 Å². The highest BCUT2D eigenvalue weighted by atomic mass is 16.4. The minimum Gasteiger partial charge on any atom is -0.550 e. The molecule has 1 aromatic rings. The molecule has 0 fully saturated rings. The number of aliphatic carboxylic acids is 1. The standard InChI is InChI=1S/C10H13NO3/c1-7(10(13)14)6-11-8-4-2-3-5-9(8)12/h2-5,7,11-12H,6H2,1H3,(H,13,14)/p-1/t7-/m0/s1. The van der Waals surface area contributed by atoms with Crippen molar-refractivity contribution in [3.05, 3.63) is 24.3 Å². The van der Waals surface area contributed by atoms with Crippen molar-refractivity contribution in [1.29, 1.82) is 0 Å². The molecule has 0 aliphatic rings. The fraction of sp³-hybridized carbons (Fsp3) is 0.300. The second-order valence-electron chi connectivity index (χ2n) is 3.12. The third kappa shape index (κ3) is 2.65. The monoisotopic (exact) mass is 194 g/mol. The Morgan fingerprint density at radius 1 is 1.57 bits per heavy atom. The van der Waals surface area contributed by atoms with Gasteiger partial charge in [-0.3, -0.25) is 0 Å². The highest BCUT2D eigenvalue weighted by molar-refractivity contribution is 5.68. The van der Waals surface area contributed by atoms with Crippen LogP contribution in [-0.4, -0.2) is 17.6 Å². The first-order valence-corrected chi connectivity index (χ1v) is 4.34. The lowest BCUT2D eigenvalue weighted by atomic mass is 10.2. The first kappa shape index (κ1) is 10.4. The zero-order valence-corrected chi connectivity index (χ0v) is 7.86. The summed E-state index contributed by atoms with van der Waals surface area (Å²) in [5.41, 5.74) is 0.528. The molecule has 4 heteroatoms. The van der Waals surface area contributed by atoms with E-state index in [0.717, 1.165) is 0 Å². The van der Waals surface area contributed by atoms with Crippen LogP contribution in [0.15, 0.2) is 24.3 Å². The largest absolute Gasteiger partial charge is 0.550 e. The van der Waals surface area contributed by atoms with Crippen LogP contribution in [0.3, 0.4) is 0 Å². The van der Waals surface area contributed by atoms with Crippen LogP contribution in [0.1, 0.15) is 6.92 Å². The molecule has 0 saturated carbocycles. The molecular formula is C10H12NO3-. The number of carbonyl (C=O) groups is 1. The number of nitrogens with one attached hydrogen (secondary N) is 1. The third-order valence-electron chi connectivity index (χ3n) is 1.91. The van der Waals surface area contributed by atoms with E-state index in [2.05, 4.69) is 5.32 Å². The Labute approximate surface area is 82.2 Å². The number of benzene rings is 1. The first-order chi connectivity index (χ1) is 6.61. The number of carboxylic acid groups (broad SMARTS) is 1. The summed E-state index contributed by atoms with van der Waals surface area (Å²) in [5, 5.41) is 22.6. The van der Waals surface area contributed by atoms with Crippen LogP contribution in [0.2, 0.25) is 0 Å². The number of phenolic OH excluding ortho intramolecular Hbond substituents is 1. The highest BCUT2D eigenvalue weighted by Gasteiger charge is 2.03. The summed E-state index contributed by atoms with van der Waals surface area (Å²) in [6, 6.07) is 6.66. The molecule has 0 radical (unpaired) electrons. The van der Waals surface area contributed by atoms with Gasteiger partial charge in [0.05, 0.1) is 5.69 Å². The van der Waals surface area contributed by atoms with Crippen molar-refractivity contribution < 1.29 is 15.0 Å². The Morgan fingerprint density at radius 2 is 2.21 bits per heavy atom. The molecule has 0 heterocycles. The maximum absolute atomic E-state index is 10.4. The fourth-order valence-corrected chi connectivity index (χ4v) is 0.970. The van der Waals surface area contributed by atoms with Crippen LogP contribution in [0.4, 0.5) is 5.69 Å². The lowest BCUT2D eigenvalue weighted by molar-refractivity contribution is -0.310. The lowest BCUT2D eigenvalue weighted by Gasteiger charge is -2.14. The van der Waals surface area contributed by atoms with Crippen LogP contribution in [-0.2, 0) is 4.79 Å². The van der Waals surface area contributed by atoms with E-state index in [1.165, 1.54) is 6.07 Å². The number of carbonyl (C=O) groups excluding carboxylic acids is 1. The smallest absolute Gasteiger partial charge is 0.138 e. The van der Waals surface area contributed by atoms with Crippen molar-refractivity contribution >= 4 is 11.7 Å². The molecule has 14 heavy (non-hydrogen) atoms. The van der Waals surface area contributed by atoms with Gasteiger partial charge < -0.3 is 20.3 Å². The molecule has 0 aromatic heterocycles. The van der Waals surface area contributed by atoms with E-state index in [1.807, 2.05) is 0 Å². The Hall–Kier alpha value is -1.71. The van der Waals surface area contributed by atoms with Gasteiger partial charge >= 0.3 is 0 Å². The molecule has 1 aromatic carbocycles. The summed E-state index contributed by atoms with van der Waals surface area (Å²) in [5.74, 6) is -1.58. The zero-order chi connectivity index (χ0) is 10.6. The average Bonchev–Trinajstić information content (AvgIpc) is 2.16. The van der Waals surface area contributed by atoms with Gasteiger partial charge in [-0.1, -0.05) is 19.1 Å². The van der Waals surface area contributed by atoms with Gasteiger partial charge in [0.2, 0.25) is 0 Å². The SMILES string of the molecule is C[C@@H](CNc1ccccc1O)C(=O)[O-]. The Bertz CT molecular complexity index is 325. The summed E-state index contributed by atoms with van der Waals surface area (Å²) < 4.78 is 0. The molecule has 0 aliphatic heterocycles. The fourth-order valence-electron chi connectivity index (χ4n) is 0.970. The summed E-state index contributed by atoms with van der Waals surface area (Å²) in [6.07, 6.45) is 0. The second kappa shape index (κ2) is 4.50. The van der Waals surface area contributed by atoms with Gasteiger partial charge in [0, 0.05) is 18.4 Å². The third-order valence-corrected chi connectivity index (χ3v) is 1.91. The average molecular weight is 194 g/mol. The van der Waals surface area contributed by atoms with Crippen LogP contribution in [0.5, 0.6) is 5.75 Å². The number of hydrogen-bond acceptors (Lipinski definition) is 4. The van der Waals surface area contributed by atoms with Gasteiger partial charge in [-0.05, 0) is 12.1 Å². The number of aromatic hydroxyl groups is 1. The summed E-state index contributed by atoms with van der Waals surface area (Å²) >= 11 is 0. The number of rotatable bonds is 4. The number of hydrogen-bond donors (Lipinski definition) is 2. The Kier molecular flexibility index (Phi) is 3.34. The molecule has 0 unspecified atom stereocenters. The molecule has 0 spiro atoms. The molecule has 0 amide bonds. The van der Waals surface area contributed by atoms with Gasteiger partial charge in [-0.25, -0.2) is 0 Å². The first-order valence-electron chi connectivity index (χ1n) is 4.34. The normalized spacial score (nSPS) is 12.1. The van der Waals surface area contributed by atoms with Crippen molar-refractivity contribution in [2.24, 2.45) is 5.92 Å². The van der Waals surface area contributed by atoms with Crippen LogP contribution < -0.4 is 10.4 Å². The molecular weight excluding hydrogens is 182 g/mol. The molecule has 0 aliphatic carbocycles. The molecule has 0 bridgehead atoms. The number of para-hydroxylation sites is 2. The maximum atomic E-state index is 10.4. The van der Waals surface area contributed by atoms with Crippen LogP contribution in [0, 0.1) is 5.92 Å². The van der Waals surface area contributed by atoms with E-state index in [9.17, 15) is 15.0 Å². The van der Waals surface area contributed by atoms with Gasteiger partial charge in [0.25, 0.3) is 0 Å². The van der Waals surface area contributed by atoms with Crippen molar-refractivity contribution in [1.82, 2.24) is 0 Å². The number of phenols is 1. The topological polar surface area (TPSA) is 72.4 Å². The lowest BCUT2D eigenvalue weighted by Crippen LogP contribution is -2.33. The van der Waals surface area contributed by atoms with E-state index in [1.54, 1.807) is 25.1 Å². The molecule has 1 atom stereocenters. The zero-order valence-electron chi connectivity index (χ0n) is 7.86. The Morgan fingerprint density at radius 3 is 2.79 bits per heavy atom. The molecule has 0 saturated heterocycles. The van der Waals surface area contributed by atoms with E-state index >= 15 is 0 Å². The van der Waals surface area contributed by atoms with Crippen LogP contribution >= 0.6 is 0 Å². The van der Waals surface area contributed by atoms with Crippen molar-refractivity contribution in [2.45, 2.75) is 6.92 Å². The molecule has 2 N–H and O–H groups in total. The number of carboxylic acids is 1. The molecule has 76 valence electrons. The minimum atomic E-state index is -1.10. The predicted molar refractivity (Wildman–Crippen MR) is 50.8 cm³/mol. The highest BCUT2D eigenvalue weighted by Crippen LogP contribution is 2.21. The summed E-state index contributed by atoms with van der Waals surface area (Å²) in [6.45, 7) is 1.78. The maximum Gasteiger partial charge on any atom is 0.138 e. The molecule has 1 rings (SSSR count). The van der Waals surface area contributed by atoms with E-state index in [0.29, 0.717) is 5.69 Å². The van der Waals surface area contributed by atoms with Crippen LogP contribution in [0.25, 0.3) is 0 Å². The predicted octanol–water partition coefficient (Wildman–Crippen LogP) is 0.190. The van der Waals surface area contributed by atoms with Gasteiger partial charge in [0.1, 0.15) is 5.75 Å². The summed E-state index contributed by atoms with van der Waals surface area (Å²) in [4.78, 5) is 10.4. The Balaban J connectivity index is 2.54. The summed E-state index contributed by atoms with van der Waals surface area (Å²) in [7, 11) is 0. The van der Waals surface area contributed by atoms with E-state index in [-0.39, 0.29) is 12.3 Å². The van der Waals surface area contributed by atoms with Gasteiger partial charge in [-0.2, -0.15) is 0 Å².